The first-order chi connectivity index (χ1) is 20.5. The fourth-order valence-electron chi connectivity index (χ4n) is 4.17. The molecule has 7 nitrogen and oxygen atoms in total. The van der Waals surface area contributed by atoms with Gasteiger partial charge in [0.2, 0.25) is 0 Å². The summed E-state index contributed by atoms with van der Waals surface area (Å²) in [6, 6.07) is 23.0. The molecule has 1 aromatic heterocycles. The Kier molecular flexibility index (Phi) is 10.0. The van der Waals surface area contributed by atoms with Gasteiger partial charge in [-0.3, -0.25) is 9.78 Å². The standard InChI is InChI=1S/C33H31F3N2O5/c1-21(2)23-9-14-28(15-10-23)43-30(32(40)41)19-22-3-12-27(13-4-22)42-18-17-37-31(39)25-7-5-24(6-8-25)29-16-11-26(20-38-29)33(34,35)36/h3-16,20-21,30H,17-19H2,1-2H3,(H,37,39)(H,40,41). The number of nitrogens with zero attached hydrogens (tertiary/aromatic N) is 1. The fraction of sp³-hybridized carbons (Fsp3) is 0.242. The van der Waals surface area contributed by atoms with Gasteiger partial charge in [-0.2, -0.15) is 13.2 Å². The minimum Gasteiger partial charge on any atom is -0.492 e. The molecular weight excluding hydrogens is 561 g/mol. The number of carbonyl (C=O) groups excluding carboxylic acids is 1. The molecule has 1 heterocycles. The minimum atomic E-state index is -4.46. The molecule has 0 radical (unpaired) electrons. The zero-order chi connectivity index (χ0) is 31.0. The van der Waals surface area contributed by atoms with E-state index in [1.54, 1.807) is 60.7 Å². The lowest BCUT2D eigenvalue weighted by atomic mass is 10.0. The molecule has 2 N–H and O–H groups in total. The average molecular weight is 593 g/mol. The molecule has 0 fully saturated rings. The van der Waals surface area contributed by atoms with Crippen molar-refractivity contribution in [3.63, 3.8) is 0 Å². The number of aliphatic carboxylic acids is 1. The van der Waals surface area contributed by atoms with Gasteiger partial charge >= 0.3 is 12.1 Å². The van der Waals surface area contributed by atoms with Crippen molar-refractivity contribution in [1.29, 1.82) is 0 Å². The van der Waals surface area contributed by atoms with Crippen molar-refractivity contribution < 1.29 is 37.3 Å². The van der Waals surface area contributed by atoms with Crippen LogP contribution in [0.5, 0.6) is 11.5 Å². The van der Waals surface area contributed by atoms with E-state index in [-0.39, 0.29) is 25.5 Å². The van der Waals surface area contributed by atoms with Crippen LogP contribution in [0.25, 0.3) is 11.3 Å². The van der Waals surface area contributed by atoms with E-state index in [1.807, 2.05) is 12.1 Å². The summed E-state index contributed by atoms with van der Waals surface area (Å²) in [7, 11) is 0. The van der Waals surface area contributed by atoms with E-state index >= 15 is 0 Å². The Morgan fingerprint density at radius 1 is 0.884 bits per heavy atom. The predicted octanol–water partition coefficient (Wildman–Crippen LogP) is 6.77. The Balaban J connectivity index is 1.22. The normalized spacial score (nSPS) is 12.0. The van der Waals surface area contributed by atoms with Crippen LogP contribution in [0.4, 0.5) is 13.2 Å². The van der Waals surface area contributed by atoms with E-state index < -0.39 is 23.8 Å². The Bertz CT molecular complexity index is 1500. The van der Waals surface area contributed by atoms with Gasteiger partial charge < -0.3 is 19.9 Å². The van der Waals surface area contributed by atoms with Gasteiger partial charge in [0.25, 0.3) is 5.91 Å². The third-order valence-corrected chi connectivity index (χ3v) is 6.64. The second-order valence-corrected chi connectivity index (χ2v) is 10.1. The third-order valence-electron chi connectivity index (χ3n) is 6.64. The SMILES string of the molecule is CC(C)c1ccc(OC(Cc2ccc(OCCNC(=O)c3ccc(-c4ccc(C(F)(F)F)cn4)cc3)cc2)C(=O)O)cc1. The number of pyridine rings is 1. The highest BCUT2D eigenvalue weighted by Gasteiger charge is 2.30. The highest BCUT2D eigenvalue weighted by atomic mass is 19.4. The van der Waals surface area contributed by atoms with Crippen LogP contribution in [0.3, 0.4) is 0 Å². The summed E-state index contributed by atoms with van der Waals surface area (Å²) in [4.78, 5) is 28.1. The summed E-state index contributed by atoms with van der Waals surface area (Å²) in [5.41, 5.74) is 2.40. The first-order valence-electron chi connectivity index (χ1n) is 13.6. The molecule has 0 aliphatic carbocycles. The molecule has 0 saturated carbocycles. The maximum absolute atomic E-state index is 12.7. The zero-order valence-electron chi connectivity index (χ0n) is 23.6. The molecule has 43 heavy (non-hydrogen) atoms. The van der Waals surface area contributed by atoms with Gasteiger partial charge in [-0.05, 0) is 65.6 Å². The quantitative estimate of drug-likeness (QED) is 0.176. The molecular formula is C33H31F3N2O5. The smallest absolute Gasteiger partial charge is 0.417 e. The van der Waals surface area contributed by atoms with Crippen molar-refractivity contribution in [3.05, 3.63) is 113 Å². The summed E-state index contributed by atoms with van der Waals surface area (Å²) in [6.07, 6.45) is -4.56. The van der Waals surface area contributed by atoms with E-state index in [9.17, 15) is 27.9 Å². The number of alkyl halides is 3. The number of carbonyl (C=O) groups is 2. The van der Waals surface area contributed by atoms with Gasteiger partial charge in [0.15, 0.2) is 6.10 Å². The molecule has 3 aromatic carbocycles. The van der Waals surface area contributed by atoms with Gasteiger partial charge in [-0.25, -0.2) is 4.79 Å². The number of carboxylic acids is 1. The van der Waals surface area contributed by atoms with Crippen molar-refractivity contribution in [3.8, 4) is 22.8 Å². The largest absolute Gasteiger partial charge is 0.492 e. The Hall–Kier alpha value is -4.86. The average Bonchev–Trinajstić information content (AvgIpc) is 2.99. The Labute approximate surface area is 247 Å². The number of rotatable bonds is 12. The minimum absolute atomic E-state index is 0.172. The van der Waals surface area contributed by atoms with Crippen molar-refractivity contribution in [2.75, 3.05) is 13.2 Å². The number of aromatic nitrogens is 1. The highest BCUT2D eigenvalue weighted by molar-refractivity contribution is 5.94. The molecule has 1 unspecified atom stereocenters. The molecule has 4 aromatic rings. The van der Waals surface area contributed by atoms with Crippen molar-refractivity contribution in [2.24, 2.45) is 0 Å². The number of nitrogens with one attached hydrogen (secondary N) is 1. The van der Waals surface area contributed by atoms with E-state index in [0.717, 1.165) is 23.4 Å². The van der Waals surface area contributed by atoms with E-state index in [0.29, 0.717) is 34.2 Å². The van der Waals surface area contributed by atoms with E-state index in [4.69, 9.17) is 9.47 Å². The van der Waals surface area contributed by atoms with Crippen LogP contribution >= 0.6 is 0 Å². The maximum Gasteiger partial charge on any atom is 0.417 e. The molecule has 0 bridgehead atoms. The zero-order valence-corrected chi connectivity index (χ0v) is 23.6. The van der Waals surface area contributed by atoms with Gasteiger partial charge in [0.1, 0.15) is 18.1 Å². The summed E-state index contributed by atoms with van der Waals surface area (Å²) in [5, 5.41) is 12.4. The van der Waals surface area contributed by atoms with Gasteiger partial charge in [-0.15, -0.1) is 0 Å². The van der Waals surface area contributed by atoms with Crippen molar-refractivity contribution in [2.45, 2.75) is 38.5 Å². The lowest BCUT2D eigenvalue weighted by Crippen LogP contribution is -2.29. The highest BCUT2D eigenvalue weighted by Crippen LogP contribution is 2.30. The van der Waals surface area contributed by atoms with E-state index in [2.05, 4.69) is 24.1 Å². The fourth-order valence-corrected chi connectivity index (χ4v) is 4.17. The lowest BCUT2D eigenvalue weighted by molar-refractivity contribution is -0.145. The topological polar surface area (TPSA) is 97.8 Å². The number of hydrogen-bond donors (Lipinski definition) is 2. The Morgan fingerprint density at radius 2 is 1.53 bits per heavy atom. The van der Waals surface area contributed by atoms with Crippen LogP contribution in [0.2, 0.25) is 0 Å². The maximum atomic E-state index is 12.7. The second kappa shape index (κ2) is 13.9. The molecule has 4 rings (SSSR count). The molecule has 0 saturated heterocycles. The summed E-state index contributed by atoms with van der Waals surface area (Å²) in [5.74, 6) is 0.0246. The van der Waals surface area contributed by atoms with Crippen LogP contribution in [-0.2, 0) is 17.4 Å². The number of carboxylic acid groups (broad SMARTS) is 1. The molecule has 1 amide bonds. The van der Waals surface area contributed by atoms with Crippen molar-refractivity contribution >= 4 is 11.9 Å². The van der Waals surface area contributed by atoms with Crippen LogP contribution in [0.1, 0.15) is 46.8 Å². The summed E-state index contributed by atoms with van der Waals surface area (Å²) < 4.78 is 49.6. The van der Waals surface area contributed by atoms with Crippen LogP contribution < -0.4 is 14.8 Å². The van der Waals surface area contributed by atoms with Crippen LogP contribution in [0, 0.1) is 0 Å². The summed E-state index contributed by atoms with van der Waals surface area (Å²) >= 11 is 0. The Morgan fingerprint density at radius 3 is 2.09 bits per heavy atom. The molecule has 10 heteroatoms. The predicted molar refractivity (Wildman–Crippen MR) is 155 cm³/mol. The number of amides is 1. The number of ether oxygens (including phenoxy) is 2. The van der Waals surface area contributed by atoms with E-state index in [1.165, 1.54) is 6.07 Å². The first kappa shape index (κ1) is 31.1. The molecule has 224 valence electrons. The lowest BCUT2D eigenvalue weighted by Gasteiger charge is -2.16. The molecule has 1 atom stereocenters. The number of benzene rings is 3. The van der Waals surface area contributed by atoms with Crippen molar-refractivity contribution in [1.82, 2.24) is 10.3 Å². The first-order valence-corrected chi connectivity index (χ1v) is 13.6. The molecule has 0 spiro atoms. The number of halogens is 3. The van der Waals surface area contributed by atoms with Crippen LogP contribution in [-0.4, -0.2) is 41.2 Å². The number of hydrogen-bond acceptors (Lipinski definition) is 5. The second-order valence-electron chi connectivity index (χ2n) is 10.1. The molecule has 0 aliphatic rings. The van der Waals surface area contributed by atoms with Gasteiger partial charge in [0, 0.05) is 23.7 Å². The third kappa shape index (κ3) is 8.81. The summed E-state index contributed by atoms with van der Waals surface area (Å²) in [6.45, 7) is 4.59. The van der Waals surface area contributed by atoms with Gasteiger partial charge in [0.05, 0.1) is 17.8 Å². The van der Waals surface area contributed by atoms with Crippen LogP contribution in [0.15, 0.2) is 91.1 Å². The molecule has 0 aliphatic heterocycles. The van der Waals surface area contributed by atoms with Gasteiger partial charge in [-0.1, -0.05) is 50.2 Å². The monoisotopic (exact) mass is 592 g/mol.